The molecule has 2 N–H and O–H groups in total. The number of carboxylic acids is 1. The van der Waals surface area contributed by atoms with Crippen molar-refractivity contribution >= 4 is 50.7 Å². The second kappa shape index (κ2) is 6.14. The summed E-state index contributed by atoms with van der Waals surface area (Å²) in [6, 6.07) is 7.94. The van der Waals surface area contributed by atoms with Crippen molar-refractivity contribution in [2.45, 2.75) is 12.8 Å². The van der Waals surface area contributed by atoms with Crippen LogP contribution in [-0.2, 0) is 11.2 Å². The normalized spacial score (nSPS) is 10.3. The van der Waals surface area contributed by atoms with Crippen molar-refractivity contribution < 1.29 is 9.90 Å². The zero-order valence-corrected chi connectivity index (χ0v) is 12.4. The van der Waals surface area contributed by atoms with Crippen LogP contribution < -0.4 is 5.32 Å². The first-order valence-electron chi connectivity index (χ1n) is 5.33. The van der Waals surface area contributed by atoms with E-state index in [1.807, 2.05) is 29.6 Å². The minimum Gasteiger partial charge on any atom is -0.481 e. The average molecular weight is 374 g/mol. The molecule has 1 aromatic carbocycles. The molecular weight excluding hydrogens is 363 g/mol. The Labute approximate surface area is 122 Å². The topological polar surface area (TPSA) is 62.2 Å². The van der Waals surface area contributed by atoms with E-state index in [-0.39, 0.29) is 6.42 Å². The van der Waals surface area contributed by atoms with E-state index >= 15 is 0 Å². The number of aromatic nitrogens is 1. The Morgan fingerprint density at radius 3 is 2.94 bits per heavy atom. The van der Waals surface area contributed by atoms with E-state index in [1.54, 1.807) is 0 Å². The quantitative estimate of drug-likeness (QED) is 0.787. The van der Waals surface area contributed by atoms with Gasteiger partial charge in [-0.1, -0.05) is 12.1 Å². The van der Waals surface area contributed by atoms with Gasteiger partial charge in [-0.05, 0) is 34.7 Å². The molecule has 0 radical (unpaired) electrons. The van der Waals surface area contributed by atoms with Crippen LogP contribution in [0.5, 0.6) is 0 Å². The number of thiazole rings is 1. The summed E-state index contributed by atoms with van der Waals surface area (Å²) in [7, 11) is 0. The number of rotatable bonds is 5. The van der Waals surface area contributed by atoms with Crippen LogP contribution in [0.3, 0.4) is 0 Å². The van der Waals surface area contributed by atoms with Crippen LogP contribution >= 0.6 is 33.9 Å². The number of nitrogens with one attached hydrogen (secondary N) is 1. The van der Waals surface area contributed by atoms with Crippen molar-refractivity contribution in [3.05, 3.63) is 38.9 Å². The molecule has 18 heavy (non-hydrogen) atoms. The SMILES string of the molecule is O=C(O)CCc1csc(Nc2ccccc2I)n1. The predicted octanol–water partition coefficient (Wildman–Crippen LogP) is 3.51. The maximum Gasteiger partial charge on any atom is 0.303 e. The lowest BCUT2D eigenvalue weighted by molar-refractivity contribution is -0.136. The molecule has 6 heteroatoms. The van der Waals surface area contributed by atoms with Gasteiger partial charge in [0.15, 0.2) is 5.13 Å². The van der Waals surface area contributed by atoms with Gasteiger partial charge in [0.2, 0.25) is 0 Å². The van der Waals surface area contributed by atoms with Gasteiger partial charge in [-0.2, -0.15) is 0 Å². The van der Waals surface area contributed by atoms with Gasteiger partial charge in [0.25, 0.3) is 0 Å². The number of hydrogen-bond acceptors (Lipinski definition) is 4. The molecule has 0 aliphatic rings. The van der Waals surface area contributed by atoms with Crippen LogP contribution in [0, 0.1) is 3.57 Å². The van der Waals surface area contributed by atoms with Gasteiger partial charge < -0.3 is 10.4 Å². The molecule has 0 aliphatic heterocycles. The molecule has 4 nitrogen and oxygen atoms in total. The van der Waals surface area contributed by atoms with Gasteiger partial charge in [-0.3, -0.25) is 4.79 Å². The molecule has 0 saturated carbocycles. The first-order valence-corrected chi connectivity index (χ1v) is 7.29. The van der Waals surface area contributed by atoms with E-state index in [4.69, 9.17) is 5.11 Å². The first-order chi connectivity index (χ1) is 8.65. The molecule has 0 fully saturated rings. The number of hydrogen-bond donors (Lipinski definition) is 2. The molecule has 0 unspecified atom stereocenters. The van der Waals surface area contributed by atoms with E-state index < -0.39 is 5.97 Å². The molecule has 1 heterocycles. The third-order valence-electron chi connectivity index (χ3n) is 2.26. The van der Waals surface area contributed by atoms with Crippen LogP contribution in [-0.4, -0.2) is 16.1 Å². The lowest BCUT2D eigenvalue weighted by Crippen LogP contribution is -1.98. The van der Waals surface area contributed by atoms with Crippen molar-refractivity contribution in [2.75, 3.05) is 5.32 Å². The predicted molar refractivity (Wildman–Crippen MR) is 80.5 cm³/mol. The minimum absolute atomic E-state index is 0.117. The van der Waals surface area contributed by atoms with E-state index in [0.29, 0.717) is 6.42 Å². The lowest BCUT2D eigenvalue weighted by Gasteiger charge is -2.04. The Kier molecular flexibility index (Phi) is 4.54. The molecule has 0 spiro atoms. The van der Waals surface area contributed by atoms with E-state index in [0.717, 1.165) is 20.1 Å². The molecule has 0 saturated heterocycles. The van der Waals surface area contributed by atoms with Crippen molar-refractivity contribution in [3.8, 4) is 0 Å². The molecule has 1 aromatic heterocycles. The van der Waals surface area contributed by atoms with Gasteiger partial charge in [0.1, 0.15) is 0 Å². The summed E-state index contributed by atoms with van der Waals surface area (Å²) in [6.07, 6.45) is 0.589. The van der Waals surface area contributed by atoms with Crippen molar-refractivity contribution in [2.24, 2.45) is 0 Å². The number of benzene rings is 1. The number of carboxylic acid groups (broad SMARTS) is 1. The lowest BCUT2D eigenvalue weighted by atomic mass is 10.2. The fraction of sp³-hybridized carbons (Fsp3) is 0.167. The van der Waals surface area contributed by atoms with Gasteiger partial charge >= 0.3 is 5.97 Å². The van der Waals surface area contributed by atoms with Gasteiger partial charge in [0, 0.05) is 15.4 Å². The number of aryl methyl sites for hydroxylation is 1. The Balaban J connectivity index is 2.02. The highest BCUT2D eigenvalue weighted by atomic mass is 127. The second-order valence-corrected chi connectivity index (χ2v) is 5.66. The molecule has 0 amide bonds. The average Bonchev–Trinajstić information content (AvgIpc) is 2.77. The number of para-hydroxylation sites is 1. The summed E-state index contributed by atoms with van der Waals surface area (Å²) in [6.45, 7) is 0. The number of carbonyl (C=O) groups is 1. The fourth-order valence-corrected chi connectivity index (χ4v) is 2.67. The summed E-state index contributed by atoms with van der Waals surface area (Å²) in [4.78, 5) is 14.8. The van der Waals surface area contributed by atoms with Crippen molar-refractivity contribution in [1.82, 2.24) is 4.98 Å². The summed E-state index contributed by atoms with van der Waals surface area (Å²) < 4.78 is 1.12. The molecule has 2 aromatic rings. The zero-order chi connectivity index (χ0) is 13.0. The summed E-state index contributed by atoms with van der Waals surface area (Å²) in [5, 5.41) is 14.5. The second-order valence-electron chi connectivity index (χ2n) is 3.64. The highest BCUT2D eigenvalue weighted by molar-refractivity contribution is 14.1. The number of anilines is 2. The summed E-state index contributed by atoms with van der Waals surface area (Å²) in [5.74, 6) is -0.796. The van der Waals surface area contributed by atoms with Crippen LogP contribution in [0.25, 0.3) is 0 Å². The van der Waals surface area contributed by atoms with Crippen LogP contribution in [0.15, 0.2) is 29.6 Å². The number of aliphatic carboxylic acids is 1. The third kappa shape index (κ3) is 3.67. The molecular formula is C12H11IN2O2S. The zero-order valence-electron chi connectivity index (χ0n) is 9.39. The fourth-order valence-electron chi connectivity index (χ4n) is 1.39. The highest BCUT2D eigenvalue weighted by Gasteiger charge is 2.06. The Bertz CT molecular complexity index is 557. The largest absolute Gasteiger partial charge is 0.481 e. The maximum atomic E-state index is 10.5. The molecule has 0 atom stereocenters. The molecule has 2 rings (SSSR count). The third-order valence-corrected chi connectivity index (χ3v) is 4.01. The van der Waals surface area contributed by atoms with Gasteiger partial charge in [-0.25, -0.2) is 4.98 Å². The van der Waals surface area contributed by atoms with Crippen LogP contribution in [0.2, 0.25) is 0 Å². The molecule has 0 aliphatic carbocycles. The van der Waals surface area contributed by atoms with E-state index in [1.165, 1.54) is 11.3 Å². The monoisotopic (exact) mass is 374 g/mol. The van der Waals surface area contributed by atoms with Crippen molar-refractivity contribution in [3.63, 3.8) is 0 Å². The first kappa shape index (κ1) is 13.3. The molecule has 94 valence electrons. The smallest absolute Gasteiger partial charge is 0.303 e. The summed E-state index contributed by atoms with van der Waals surface area (Å²) >= 11 is 3.74. The number of halogens is 1. The standard InChI is InChI=1S/C12H11IN2O2S/c13-9-3-1-2-4-10(9)15-12-14-8(7-18-12)5-6-11(16)17/h1-4,7H,5-6H2,(H,14,15)(H,16,17). The van der Waals surface area contributed by atoms with Gasteiger partial charge in [0.05, 0.1) is 17.8 Å². The minimum atomic E-state index is -0.796. The van der Waals surface area contributed by atoms with Crippen LogP contribution in [0.1, 0.15) is 12.1 Å². The van der Waals surface area contributed by atoms with E-state index in [9.17, 15) is 4.79 Å². The Hall–Kier alpha value is -1.15. The van der Waals surface area contributed by atoms with Crippen LogP contribution in [0.4, 0.5) is 10.8 Å². The van der Waals surface area contributed by atoms with Crippen molar-refractivity contribution in [1.29, 1.82) is 0 Å². The Morgan fingerprint density at radius 2 is 2.22 bits per heavy atom. The molecule has 0 bridgehead atoms. The highest BCUT2D eigenvalue weighted by Crippen LogP contribution is 2.24. The Morgan fingerprint density at radius 1 is 1.44 bits per heavy atom. The summed E-state index contributed by atoms with van der Waals surface area (Å²) in [5.41, 5.74) is 1.83. The van der Waals surface area contributed by atoms with E-state index in [2.05, 4.69) is 32.9 Å². The number of nitrogens with zero attached hydrogens (tertiary/aromatic N) is 1. The maximum absolute atomic E-state index is 10.5. The van der Waals surface area contributed by atoms with Gasteiger partial charge in [-0.15, -0.1) is 11.3 Å².